The van der Waals surface area contributed by atoms with Crippen molar-refractivity contribution in [1.82, 2.24) is 14.1 Å². The Bertz CT molecular complexity index is 1540. The molecule has 0 aliphatic carbocycles. The molecule has 0 unspecified atom stereocenters. The SMILES string of the molecule is Cc1c(-c2ncco2)sc2c1c(=O)n(C(C)(C)C(=O)O)c(=O)n2C[C@H](OCC(C)(C)O)c1ccccc1. The highest BCUT2D eigenvalue weighted by atomic mass is 32.1. The number of oxazole rings is 1. The molecule has 0 spiro atoms. The normalized spacial score (nSPS) is 13.2. The Balaban J connectivity index is 2.00. The van der Waals surface area contributed by atoms with Gasteiger partial charge in [0, 0.05) is 0 Å². The van der Waals surface area contributed by atoms with Gasteiger partial charge >= 0.3 is 11.7 Å². The van der Waals surface area contributed by atoms with Crippen LogP contribution in [0.4, 0.5) is 0 Å². The number of benzene rings is 1. The molecule has 0 bridgehead atoms. The minimum absolute atomic E-state index is 0.0181. The van der Waals surface area contributed by atoms with E-state index in [1.807, 2.05) is 30.3 Å². The lowest BCUT2D eigenvalue weighted by molar-refractivity contribution is -0.146. The molecule has 3 aromatic heterocycles. The number of aryl methyl sites for hydroxylation is 1. The van der Waals surface area contributed by atoms with Gasteiger partial charge in [-0.25, -0.2) is 19.1 Å². The van der Waals surface area contributed by atoms with Crippen LogP contribution in [0.2, 0.25) is 0 Å². The van der Waals surface area contributed by atoms with Gasteiger partial charge < -0.3 is 19.4 Å². The molecule has 11 heteroatoms. The van der Waals surface area contributed by atoms with Crippen LogP contribution in [0.5, 0.6) is 0 Å². The summed E-state index contributed by atoms with van der Waals surface area (Å²) in [6, 6.07) is 9.19. The summed E-state index contributed by atoms with van der Waals surface area (Å²) in [7, 11) is 0. The number of nitrogens with zero attached hydrogens (tertiary/aromatic N) is 3. The van der Waals surface area contributed by atoms with Crippen molar-refractivity contribution in [1.29, 1.82) is 0 Å². The topological polar surface area (TPSA) is 137 Å². The predicted octanol–water partition coefficient (Wildman–Crippen LogP) is 3.54. The van der Waals surface area contributed by atoms with Crippen molar-refractivity contribution >= 4 is 27.5 Å². The van der Waals surface area contributed by atoms with E-state index < -0.39 is 34.5 Å². The van der Waals surface area contributed by atoms with E-state index in [1.165, 1.54) is 42.2 Å². The second kappa shape index (κ2) is 9.73. The second-order valence-electron chi connectivity index (χ2n) is 9.99. The molecular weight excluding hydrogens is 498 g/mol. The molecular formula is C26H29N3O7S. The summed E-state index contributed by atoms with van der Waals surface area (Å²) in [5.41, 5.74) is -3.15. The van der Waals surface area contributed by atoms with E-state index in [2.05, 4.69) is 4.98 Å². The highest BCUT2D eigenvalue weighted by Gasteiger charge is 2.36. The van der Waals surface area contributed by atoms with E-state index in [-0.39, 0.29) is 18.5 Å². The zero-order valence-corrected chi connectivity index (χ0v) is 22.0. The first-order chi connectivity index (χ1) is 17.3. The van der Waals surface area contributed by atoms with E-state index in [0.29, 0.717) is 21.2 Å². The lowest BCUT2D eigenvalue weighted by Crippen LogP contribution is -2.52. The van der Waals surface area contributed by atoms with Crippen LogP contribution in [-0.4, -0.2) is 42.5 Å². The van der Waals surface area contributed by atoms with Gasteiger partial charge in [-0.1, -0.05) is 30.3 Å². The van der Waals surface area contributed by atoms with Gasteiger partial charge in [-0.15, -0.1) is 11.3 Å². The average molecular weight is 528 g/mol. The average Bonchev–Trinajstić information content (AvgIpc) is 3.46. The summed E-state index contributed by atoms with van der Waals surface area (Å²) < 4.78 is 13.7. The van der Waals surface area contributed by atoms with Crippen molar-refractivity contribution in [3.05, 3.63) is 74.8 Å². The van der Waals surface area contributed by atoms with Crippen molar-refractivity contribution in [3.63, 3.8) is 0 Å². The van der Waals surface area contributed by atoms with Gasteiger partial charge in [-0.3, -0.25) is 9.36 Å². The van der Waals surface area contributed by atoms with Crippen molar-refractivity contribution in [3.8, 4) is 10.8 Å². The van der Waals surface area contributed by atoms with E-state index in [0.717, 1.165) is 10.1 Å². The molecule has 4 aromatic rings. The zero-order chi connectivity index (χ0) is 27.1. The van der Waals surface area contributed by atoms with Gasteiger partial charge in [-0.05, 0) is 45.7 Å². The molecule has 0 amide bonds. The lowest BCUT2D eigenvalue weighted by atomic mass is 10.1. The van der Waals surface area contributed by atoms with Crippen LogP contribution in [-0.2, 0) is 21.6 Å². The zero-order valence-electron chi connectivity index (χ0n) is 21.2. The maximum Gasteiger partial charge on any atom is 0.333 e. The largest absolute Gasteiger partial charge is 0.480 e. The molecule has 0 aliphatic rings. The van der Waals surface area contributed by atoms with Crippen LogP contribution in [0, 0.1) is 6.92 Å². The fourth-order valence-corrected chi connectivity index (χ4v) is 5.27. The summed E-state index contributed by atoms with van der Waals surface area (Å²) in [6.07, 6.45) is 2.21. The Kier molecular flexibility index (Phi) is 6.97. The van der Waals surface area contributed by atoms with Gasteiger partial charge in [0.1, 0.15) is 22.7 Å². The van der Waals surface area contributed by atoms with Crippen LogP contribution >= 0.6 is 11.3 Å². The first-order valence-electron chi connectivity index (χ1n) is 11.6. The maximum atomic E-state index is 13.9. The van der Waals surface area contributed by atoms with Crippen LogP contribution in [0.15, 0.2) is 56.8 Å². The Hall–Kier alpha value is -3.54. The van der Waals surface area contributed by atoms with Gasteiger partial charge in [0.05, 0.1) is 35.2 Å². The number of thiophene rings is 1. The Morgan fingerprint density at radius 1 is 1.19 bits per heavy atom. The van der Waals surface area contributed by atoms with E-state index >= 15 is 0 Å². The number of aliphatic hydroxyl groups is 1. The molecule has 4 rings (SSSR count). The summed E-state index contributed by atoms with van der Waals surface area (Å²) in [4.78, 5) is 44.7. The van der Waals surface area contributed by atoms with Gasteiger partial charge in [0.15, 0.2) is 0 Å². The van der Waals surface area contributed by atoms with Crippen LogP contribution in [0.25, 0.3) is 21.0 Å². The van der Waals surface area contributed by atoms with Crippen molar-refractivity contribution in [2.75, 3.05) is 6.61 Å². The van der Waals surface area contributed by atoms with Crippen molar-refractivity contribution in [2.24, 2.45) is 0 Å². The minimum Gasteiger partial charge on any atom is -0.480 e. The van der Waals surface area contributed by atoms with Crippen LogP contribution < -0.4 is 11.2 Å². The first kappa shape index (κ1) is 26.5. The van der Waals surface area contributed by atoms with Gasteiger partial charge in [-0.2, -0.15) is 0 Å². The molecule has 1 aromatic carbocycles. The molecule has 0 radical (unpaired) electrons. The number of fused-ring (bicyclic) bond motifs is 1. The summed E-state index contributed by atoms with van der Waals surface area (Å²) >= 11 is 1.17. The van der Waals surface area contributed by atoms with E-state index in [4.69, 9.17) is 9.15 Å². The molecule has 0 saturated carbocycles. The third-order valence-corrected chi connectivity index (χ3v) is 7.38. The molecule has 0 saturated heterocycles. The minimum atomic E-state index is -1.82. The number of hydrogen-bond acceptors (Lipinski definition) is 8. The molecule has 196 valence electrons. The quantitative estimate of drug-likeness (QED) is 0.337. The second-order valence-corrected chi connectivity index (χ2v) is 11.0. The highest BCUT2D eigenvalue weighted by Crippen LogP contribution is 2.36. The van der Waals surface area contributed by atoms with Gasteiger partial charge in [0.2, 0.25) is 5.89 Å². The van der Waals surface area contributed by atoms with Crippen LogP contribution in [0.3, 0.4) is 0 Å². The Labute approximate surface area is 216 Å². The predicted molar refractivity (Wildman–Crippen MR) is 139 cm³/mol. The molecule has 3 heterocycles. The fraction of sp³-hybridized carbons (Fsp3) is 0.385. The number of hydrogen-bond donors (Lipinski definition) is 2. The van der Waals surface area contributed by atoms with E-state index in [9.17, 15) is 24.6 Å². The van der Waals surface area contributed by atoms with Crippen molar-refractivity contribution < 1.29 is 24.2 Å². The standard InChI is InChI=1S/C26H29N3O7S/c1-15-18-21(30)29(26(4,5)23(31)32)24(33)28(22(18)37-19(15)20-27-11-12-35-20)13-17(36-14-25(2,3)34)16-9-7-6-8-10-16/h6-12,17,34H,13-14H2,1-5H3,(H,31,32)/t17-/m0/s1. The highest BCUT2D eigenvalue weighted by molar-refractivity contribution is 7.22. The van der Waals surface area contributed by atoms with Crippen molar-refractivity contribution in [2.45, 2.75) is 58.4 Å². The van der Waals surface area contributed by atoms with E-state index in [1.54, 1.807) is 20.8 Å². The van der Waals surface area contributed by atoms with Gasteiger partial charge in [0.25, 0.3) is 5.56 Å². The smallest absolute Gasteiger partial charge is 0.333 e. The Morgan fingerprint density at radius 2 is 1.86 bits per heavy atom. The number of aromatic nitrogens is 3. The number of aliphatic carboxylic acids is 1. The monoisotopic (exact) mass is 527 g/mol. The summed E-state index contributed by atoms with van der Waals surface area (Å²) in [6.45, 7) is 7.51. The molecule has 10 nitrogen and oxygen atoms in total. The first-order valence-corrected chi connectivity index (χ1v) is 12.5. The molecule has 0 fully saturated rings. The molecule has 2 N–H and O–H groups in total. The number of carbonyl (C=O) groups is 1. The number of carboxylic acids is 1. The summed E-state index contributed by atoms with van der Waals surface area (Å²) in [5.74, 6) is -1.03. The Morgan fingerprint density at radius 3 is 2.43 bits per heavy atom. The number of rotatable bonds is 9. The third-order valence-electron chi connectivity index (χ3n) is 6.08. The molecule has 0 aliphatic heterocycles. The number of carboxylic acid groups (broad SMARTS) is 1. The number of ether oxygens (including phenoxy) is 1. The van der Waals surface area contributed by atoms with Crippen LogP contribution in [0.1, 0.15) is 44.9 Å². The third kappa shape index (κ3) is 5.02. The summed E-state index contributed by atoms with van der Waals surface area (Å²) in [5, 5.41) is 20.4. The maximum absolute atomic E-state index is 13.9. The molecule has 37 heavy (non-hydrogen) atoms. The lowest BCUT2D eigenvalue weighted by Gasteiger charge is -2.26. The fourth-order valence-electron chi connectivity index (χ4n) is 4.03. The molecule has 1 atom stereocenters.